The molecule has 0 aliphatic rings. The highest BCUT2D eigenvalue weighted by molar-refractivity contribution is 6.34. The van der Waals surface area contributed by atoms with Gasteiger partial charge in [0.05, 0.1) is 12.2 Å². The largest absolute Gasteiger partial charge is 0.345 e. The van der Waals surface area contributed by atoms with Gasteiger partial charge in [0, 0.05) is 11.6 Å². The van der Waals surface area contributed by atoms with Crippen molar-refractivity contribution in [3.05, 3.63) is 65.2 Å². The molecule has 5 nitrogen and oxygen atoms in total. The Balaban J connectivity index is 1.81. The van der Waals surface area contributed by atoms with Crippen molar-refractivity contribution in [3.8, 4) is 0 Å². The molecule has 1 N–H and O–H groups in total. The SMILES string of the molecule is O=C(NCc1cccnn1)c1cc2ccccc2c(Cl)n1. The molecule has 0 saturated carbocycles. The maximum absolute atomic E-state index is 12.1. The second-order valence-corrected chi connectivity index (χ2v) is 4.78. The number of nitrogens with zero attached hydrogens (tertiary/aromatic N) is 3. The Morgan fingerprint density at radius 3 is 2.86 bits per heavy atom. The number of aromatic nitrogens is 3. The fourth-order valence-corrected chi connectivity index (χ4v) is 2.22. The van der Waals surface area contributed by atoms with E-state index in [1.807, 2.05) is 24.3 Å². The highest BCUT2D eigenvalue weighted by Gasteiger charge is 2.11. The molecule has 0 radical (unpaired) electrons. The Morgan fingerprint density at radius 1 is 1.19 bits per heavy atom. The number of nitrogens with one attached hydrogen (secondary N) is 1. The molecule has 0 bridgehead atoms. The molecule has 2 heterocycles. The van der Waals surface area contributed by atoms with E-state index in [9.17, 15) is 4.79 Å². The van der Waals surface area contributed by atoms with Crippen molar-refractivity contribution in [2.45, 2.75) is 6.54 Å². The lowest BCUT2D eigenvalue weighted by Gasteiger charge is -2.06. The Morgan fingerprint density at radius 2 is 2.05 bits per heavy atom. The first kappa shape index (κ1) is 13.5. The Kier molecular flexibility index (Phi) is 3.75. The number of hydrogen-bond acceptors (Lipinski definition) is 4. The van der Waals surface area contributed by atoms with Crippen LogP contribution >= 0.6 is 11.6 Å². The van der Waals surface area contributed by atoms with Crippen molar-refractivity contribution in [2.24, 2.45) is 0 Å². The standard InChI is InChI=1S/C15H11ClN4O/c16-14-12-6-2-1-4-10(12)8-13(19-14)15(21)17-9-11-5-3-7-18-20-11/h1-8H,9H2,(H,17,21). The number of rotatable bonds is 3. The van der Waals surface area contributed by atoms with Gasteiger partial charge in [-0.25, -0.2) is 4.98 Å². The average Bonchev–Trinajstić information content (AvgIpc) is 2.53. The van der Waals surface area contributed by atoms with E-state index in [1.165, 1.54) is 0 Å². The minimum atomic E-state index is -0.298. The molecular formula is C15H11ClN4O. The summed E-state index contributed by atoms with van der Waals surface area (Å²) in [5, 5.41) is 12.4. The lowest BCUT2D eigenvalue weighted by Crippen LogP contribution is -2.24. The summed E-state index contributed by atoms with van der Waals surface area (Å²) >= 11 is 6.11. The van der Waals surface area contributed by atoms with Gasteiger partial charge in [-0.2, -0.15) is 10.2 Å². The summed E-state index contributed by atoms with van der Waals surface area (Å²) in [6.45, 7) is 0.290. The lowest BCUT2D eigenvalue weighted by atomic mass is 10.1. The zero-order valence-electron chi connectivity index (χ0n) is 11.0. The van der Waals surface area contributed by atoms with E-state index in [4.69, 9.17) is 11.6 Å². The van der Waals surface area contributed by atoms with Crippen LogP contribution in [0.15, 0.2) is 48.7 Å². The van der Waals surface area contributed by atoms with Crippen LogP contribution < -0.4 is 5.32 Å². The molecule has 3 rings (SSSR count). The van der Waals surface area contributed by atoms with Gasteiger partial charge in [0.1, 0.15) is 10.8 Å². The van der Waals surface area contributed by atoms with E-state index in [2.05, 4.69) is 20.5 Å². The van der Waals surface area contributed by atoms with Crippen LogP contribution in [-0.4, -0.2) is 21.1 Å². The smallest absolute Gasteiger partial charge is 0.270 e. The van der Waals surface area contributed by atoms with Gasteiger partial charge < -0.3 is 5.32 Å². The van der Waals surface area contributed by atoms with Crippen LogP contribution in [0, 0.1) is 0 Å². The number of pyridine rings is 1. The molecule has 0 aliphatic carbocycles. The summed E-state index contributed by atoms with van der Waals surface area (Å²) in [7, 11) is 0. The molecule has 2 aromatic heterocycles. The molecule has 0 fully saturated rings. The first-order chi connectivity index (χ1) is 10.2. The monoisotopic (exact) mass is 298 g/mol. The first-order valence-electron chi connectivity index (χ1n) is 6.34. The fourth-order valence-electron chi connectivity index (χ4n) is 1.96. The number of carbonyl (C=O) groups is 1. The zero-order chi connectivity index (χ0) is 14.7. The van der Waals surface area contributed by atoms with Crippen molar-refractivity contribution < 1.29 is 4.79 Å². The van der Waals surface area contributed by atoms with Gasteiger partial charge >= 0.3 is 0 Å². The number of fused-ring (bicyclic) bond motifs is 1. The van der Waals surface area contributed by atoms with Crippen molar-refractivity contribution in [1.29, 1.82) is 0 Å². The Bertz CT molecular complexity index is 792. The second kappa shape index (κ2) is 5.85. The van der Waals surface area contributed by atoms with Gasteiger partial charge in [-0.3, -0.25) is 4.79 Å². The van der Waals surface area contributed by atoms with Crippen LogP contribution in [0.5, 0.6) is 0 Å². The highest BCUT2D eigenvalue weighted by Crippen LogP contribution is 2.22. The third-order valence-corrected chi connectivity index (χ3v) is 3.27. The van der Waals surface area contributed by atoms with E-state index in [-0.39, 0.29) is 11.6 Å². The highest BCUT2D eigenvalue weighted by atomic mass is 35.5. The van der Waals surface area contributed by atoms with Crippen LogP contribution in [0.25, 0.3) is 10.8 Å². The zero-order valence-corrected chi connectivity index (χ0v) is 11.7. The van der Waals surface area contributed by atoms with Crippen molar-refractivity contribution in [3.63, 3.8) is 0 Å². The van der Waals surface area contributed by atoms with Crippen LogP contribution in [0.2, 0.25) is 5.15 Å². The third-order valence-electron chi connectivity index (χ3n) is 2.98. The molecule has 0 unspecified atom stereocenters. The van der Waals surface area contributed by atoms with E-state index < -0.39 is 0 Å². The predicted molar refractivity (Wildman–Crippen MR) is 80.0 cm³/mol. The number of hydrogen-bond donors (Lipinski definition) is 1. The lowest BCUT2D eigenvalue weighted by molar-refractivity contribution is 0.0945. The summed E-state index contributed by atoms with van der Waals surface area (Å²) < 4.78 is 0. The summed E-state index contributed by atoms with van der Waals surface area (Å²) in [4.78, 5) is 16.3. The number of amides is 1. The molecule has 0 atom stereocenters. The molecule has 1 amide bonds. The van der Waals surface area contributed by atoms with Gasteiger partial charge in [0.15, 0.2) is 0 Å². The van der Waals surface area contributed by atoms with Crippen molar-refractivity contribution in [1.82, 2.24) is 20.5 Å². The van der Waals surface area contributed by atoms with Crippen molar-refractivity contribution >= 4 is 28.3 Å². The molecule has 6 heteroatoms. The molecule has 0 spiro atoms. The van der Waals surface area contributed by atoms with Gasteiger partial charge in [-0.1, -0.05) is 35.9 Å². The second-order valence-electron chi connectivity index (χ2n) is 4.42. The van der Waals surface area contributed by atoms with Crippen LogP contribution in [-0.2, 0) is 6.54 Å². The summed E-state index contributed by atoms with van der Waals surface area (Å²) in [5.74, 6) is -0.298. The Labute approximate surface area is 126 Å². The van der Waals surface area contributed by atoms with Gasteiger partial charge in [-0.05, 0) is 23.6 Å². The quantitative estimate of drug-likeness (QED) is 0.755. The first-order valence-corrected chi connectivity index (χ1v) is 6.72. The number of halogens is 1. The van der Waals surface area contributed by atoms with E-state index in [0.29, 0.717) is 17.4 Å². The molecular weight excluding hydrogens is 288 g/mol. The van der Waals surface area contributed by atoms with E-state index >= 15 is 0 Å². The maximum Gasteiger partial charge on any atom is 0.270 e. The van der Waals surface area contributed by atoms with E-state index in [0.717, 1.165) is 10.8 Å². The average molecular weight is 299 g/mol. The normalized spacial score (nSPS) is 10.5. The van der Waals surface area contributed by atoms with Gasteiger partial charge in [0.25, 0.3) is 5.91 Å². The minimum absolute atomic E-state index is 0.280. The van der Waals surface area contributed by atoms with Crippen LogP contribution in [0.4, 0.5) is 0 Å². The summed E-state index contributed by atoms with van der Waals surface area (Å²) in [6.07, 6.45) is 1.58. The molecule has 104 valence electrons. The molecule has 0 aliphatic heterocycles. The molecule has 0 saturated heterocycles. The molecule has 21 heavy (non-hydrogen) atoms. The topological polar surface area (TPSA) is 67.8 Å². The van der Waals surface area contributed by atoms with Gasteiger partial charge in [-0.15, -0.1) is 0 Å². The fraction of sp³-hybridized carbons (Fsp3) is 0.0667. The Hall–Kier alpha value is -2.53. The molecule has 3 aromatic rings. The molecule has 1 aromatic carbocycles. The summed E-state index contributed by atoms with van der Waals surface area (Å²) in [6, 6.07) is 12.8. The maximum atomic E-state index is 12.1. The summed E-state index contributed by atoms with van der Waals surface area (Å²) in [5.41, 5.74) is 0.959. The van der Waals surface area contributed by atoms with Crippen LogP contribution in [0.1, 0.15) is 16.2 Å². The predicted octanol–water partition coefficient (Wildman–Crippen LogP) is 2.61. The third kappa shape index (κ3) is 2.98. The van der Waals surface area contributed by atoms with E-state index in [1.54, 1.807) is 24.4 Å². The van der Waals surface area contributed by atoms with Gasteiger partial charge in [0.2, 0.25) is 0 Å². The number of carbonyl (C=O) groups excluding carboxylic acids is 1. The number of benzene rings is 1. The van der Waals surface area contributed by atoms with Crippen LogP contribution in [0.3, 0.4) is 0 Å². The minimum Gasteiger partial charge on any atom is -0.345 e. The van der Waals surface area contributed by atoms with Crippen molar-refractivity contribution in [2.75, 3.05) is 0 Å².